The topological polar surface area (TPSA) is 43.4 Å². The lowest BCUT2D eigenvalue weighted by atomic mass is 10.0. The number of carbonyl (C=O) groups is 2. The van der Waals surface area contributed by atoms with Crippen LogP contribution >= 0.6 is 0 Å². The van der Waals surface area contributed by atoms with E-state index in [1.54, 1.807) is 6.08 Å². The van der Waals surface area contributed by atoms with Gasteiger partial charge in [0.2, 0.25) is 0 Å². The molecule has 0 N–H and O–H groups in total. The first kappa shape index (κ1) is 18.4. The second-order valence-electron chi connectivity index (χ2n) is 7.68. The molecule has 4 atom stereocenters. The molecule has 2 aliphatic carbocycles. The molecule has 0 aliphatic heterocycles. The Morgan fingerprint density at radius 1 is 1.38 bits per heavy atom. The van der Waals surface area contributed by atoms with Gasteiger partial charge in [-0.15, -0.1) is 0 Å². The molecule has 1 saturated carbocycles. The van der Waals surface area contributed by atoms with Crippen molar-refractivity contribution in [3.8, 4) is 0 Å². The molecule has 4 unspecified atom stereocenters. The van der Waals surface area contributed by atoms with Crippen LogP contribution < -0.4 is 0 Å². The molecular weight excluding hydrogens is 300 g/mol. The molecule has 0 amide bonds. The summed E-state index contributed by atoms with van der Waals surface area (Å²) >= 11 is 0. The maximum Gasteiger partial charge on any atom is 0.310 e. The van der Waals surface area contributed by atoms with Gasteiger partial charge in [-0.1, -0.05) is 57.2 Å². The van der Waals surface area contributed by atoms with Gasteiger partial charge >= 0.3 is 5.97 Å². The Balaban J connectivity index is 2.04. The molecule has 0 aromatic carbocycles. The van der Waals surface area contributed by atoms with Crippen LogP contribution in [0, 0.1) is 23.2 Å². The summed E-state index contributed by atoms with van der Waals surface area (Å²) < 4.78 is 5.69. The van der Waals surface area contributed by atoms with Crippen molar-refractivity contribution in [2.24, 2.45) is 23.2 Å². The lowest BCUT2D eigenvalue weighted by Gasteiger charge is -2.15. The molecule has 3 heteroatoms. The standard InChI is InChI=1S/C21H28O3/c1-7-8-9-10-15-12-17(14(4)19(15)22)24-20(23)18-16(11-13(2)3)21(18,5)6/h7-9,11-12,14,16-18H,1,10H2,2-6H3. The minimum Gasteiger partial charge on any atom is -0.457 e. The minimum absolute atomic E-state index is 0.0671. The van der Waals surface area contributed by atoms with Crippen LogP contribution in [0.5, 0.6) is 0 Å². The maximum atomic E-state index is 12.6. The minimum atomic E-state index is -0.444. The van der Waals surface area contributed by atoms with Crippen molar-refractivity contribution in [2.45, 2.75) is 47.1 Å². The molecule has 130 valence electrons. The largest absolute Gasteiger partial charge is 0.457 e. The van der Waals surface area contributed by atoms with Gasteiger partial charge in [-0.3, -0.25) is 9.59 Å². The molecule has 0 heterocycles. The van der Waals surface area contributed by atoms with Crippen molar-refractivity contribution in [1.29, 1.82) is 0 Å². The SMILES string of the molecule is C=CC=CCC1=CC(OC(=O)C2C(C=C(C)C)C2(C)C)C(C)C1=O. The second kappa shape index (κ2) is 6.92. The number of ketones is 1. The summed E-state index contributed by atoms with van der Waals surface area (Å²) in [6.07, 6.45) is 9.45. The Hall–Kier alpha value is -1.90. The van der Waals surface area contributed by atoms with Gasteiger partial charge in [0.05, 0.1) is 11.8 Å². The van der Waals surface area contributed by atoms with Crippen molar-refractivity contribution in [1.82, 2.24) is 0 Å². The first-order valence-corrected chi connectivity index (χ1v) is 8.58. The van der Waals surface area contributed by atoms with Gasteiger partial charge in [-0.25, -0.2) is 0 Å². The zero-order valence-electron chi connectivity index (χ0n) is 15.3. The summed E-state index contributed by atoms with van der Waals surface area (Å²) in [5.74, 6) is -0.317. The van der Waals surface area contributed by atoms with Gasteiger partial charge in [0, 0.05) is 0 Å². The number of ether oxygens (including phenoxy) is 1. The number of esters is 1. The van der Waals surface area contributed by atoms with E-state index in [2.05, 4.69) is 26.5 Å². The van der Waals surface area contributed by atoms with Crippen LogP contribution in [0.15, 0.2) is 48.1 Å². The Morgan fingerprint density at radius 3 is 2.62 bits per heavy atom. The fourth-order valence-corrected chi connectivity index (χ4v) is 3.47. The Bertz CT molecular complexity index is 629. The highest BCUT2D eigenvalue weighted by atomic mass is 16.5. The van der Waals surface area contributed by atoms with E-state index in [4.69, 9.17) is 4.74 Å². The summed E-state index contributed by atoms with van der Waals surface area (Å²) in [5.41, 5.74) is 1.86. The fourth-order valence-electron chi connectivity index (χ4n) is 3.47. The molecule has 0 spiro atoms. The summed E-state index contributed by atoms with van der Waals surface area (Å²) in [6.45, 7) is 13.7. The van der Waals surface area contributed by atoms with E-state index in [1.807, 2.05) is 39.0 Å². The lowest BCUT2D eigenvalue weighted by molar-refractivity contribution is -0.151. The average Bonchev–Trinajstić information content (AvgIpc) is 2.92. The first-order valence-electron chi connectivity index (χ1n) is 8.58. The number of allylic oxidation sites excluding steroid dienone is 6. The molecule has 0 bridgehead atoms. The summed E-state index contributed by atoms with van der Waals surface area (Å²) in [5, 5.41) is 0. The van der Waals surface area contributed by atoms with Crippen LogP contribution in [0.3, 0.4) is 0 Å². The fraction of sp³-hybridized carbons (Fsp3) is 0.524. The maximum absolute atomic E-state index is 12.6. The Labute approximate surface area is 145 Å². The van der Waals surface area contributed by atoms with Crippen LogP contribution in [0.25, 0.3) is 0 Å². The number of Topliss-reactive ketones (excluding diaryl/α,β-unsaturated/α-hetero) is 1. The van der Waals surface area contributed by atoms with Crippen molar-refractivity contribution in [2.75, 3.05) is 0 Å². The predicted molar refractivity (Wildman–Crippen MR) is 96.3 cm³/mol. The normalized spacial score (nSPS) is 30.9. The molecule has 0 radical (unpaired) electrons. The van der Waals surface area contributed by atoms with Gasteiger partial charge in [0.1, 0.15) is 6.10 Å². The third-order valence-electron chi connectivity index (χ3n) is 5.13. The number of hydrogen-bond donors (Lipinski definition) is 0. The number of carbonyl (C=O) groups excluding carboxylic acids is 2. The van der Waals surface area contributed by atoms with E-state index >= 15 is 0 Å². The molecule has 1 fully saturated rings. The van der Waals surface area contributed by atoms with Gasteiger partial charge in [0.15, 0.2) is 5.78 Å². The molecule has 24 heavy (non-hydrogen) atoms. The van der Waals surface area contributed by atoms with E-state index in [0.717, 1.165) is 0 Å². The number of hydrogen-bond acceptors (Lipinski definition) is 3. The van der Waals surface area contributed by atoms with E-state index in [0.29, 0.717) is 12.0 Å². The highest BCUT2D eigenvalue weighted by molar-refractivity contribution is 6.00. The smallest absolute Gasteiger partial charge is 0.310 e. The van der Waals surface area contributed by atoms with Crippen LogP contribution in [0.1, 0.15) is 41.0 Å². The summed E-state index contributed by atoms with van der Waals surface area (Å²) in [4.78, 5) is 24.9. The van der Waals surface area contributed by atoms with E-state index in [1.165, 1.54) is 5.57 Å². The quantitative estimate of drug-likeness (QED) is 0.412. The average molecular weight is 328 g/mol. The van der Waals surface area contributed by atoms with E-state index in [9.17, 15) is 9.59 Å². The third-order valence-corrected chi connectivity index (χ3v) is 5.13. The van der Waals surface area contributed by atoms with Crippen molar-refractivity contribution >= 4 is 11.8 Å². The molecular formula is C21H28O3. The van der Waals surface area contributed by atoms with E-state index < -0.39 is 6.10 Å². The van der Waals surface area contributed by atoms with Gasteiger partial charge in [-0.2, -0.15) is 0 Å². The molecule has 2 aliphatic rings. The van der Waals surface area contributed by atoms with Gasteiger partial charge in [-0.05, 0) is 43.3 Å². The predicted octanol–water partition coefficient (Wildman–Crippen LogP) is 4.41. The highest BCUT2D eigenvalue weighted by Crippen LogP contribution is 2.60. The zero-order valence-corrected chi connectivity index (χ0v) is 15.3. The van der Waals surface area contributed by atoms with Crippen molar-refractivity contribution in [3.05, 3.63) is 48.1 Å². The summed E-state index contributed by atoms with van der Waals surface area (Å²) in [6, 6.07) is 0. The van der Waals surface area contributed by atoms with Gasteiger partial charge in [0.25, 0.3) is 0 Å². The molecule has 3 nitrogen and oxygen atoms in total. The van der Waals surface area contributed by atoms with Crippen molar-refractivity contribution < 1.29 is 14.3 Å². The monoisotopic (exact) mass is 328 g/mol. The summed E-state index contributed by atoms with van der Waals surface area (Å²) in [7, 11) is 0. The molecule has 0 aromatic rings. The first-order chi connectivity index (χ1) is 11.2. The molecule has 0 aromatic heterocycles. The van der Waals surface area contributed by atoms with Gasteiger partial charge < -0.3 is 4.74 Å². The molecule has 2 rings (SSSR count). The Morgan fingerprint density at radius 2 is 2.04 bits per heavy atom. The van der Waals surface area contributed by atoms with Crippen LogP contribution in [-0.4, -0.2) is 17.9 Å². The van der Waals surface area contributed by atoms with Crippen molar-refractivity contribution in [3.63, 3.8) is 0 Å². The Kier molecular flexibility index (Phi) is 5.32. The van der Waals surface area contributed by atoms with E-state index in [-0.39, 0.29) is 34.9 Å². The third kappa shape index (κ3) is 3.61. The highest BCUT2D eigenvalue weighted by Gasteiger charge is 2.61. The number of rotatable bonds is 6. The molecule has 0 saturated heterocycles. The zero-order chi connectivity index (χ0) is 18.1. The second-order valence-corrected chi connectivity index (χ2v) is 7.68. The van der Waals surface area contributed by atoms with Crippen LogP contribution in [0.2, 0.25) is 0 Å². The lowest BCUT2D eigenvalue weighted by Crippen LogP contribution is -2.25. The van der Waals surface area contributed by atoms with Crippen LogP contribution in [0.4, 0.5) is 0 Å². The van der Waals surface area contributed by atoms with Crippen LogP contribution in [-0.2, 0) is 14.3 Å².